The number of amides is 1. The number of carbonyl (C=O) groups excluding carboxylic acids is 1. The molecule has 1 aromatic heterocycles. The second kappa shape index (κ2) is 8.87. The maximum Gasteiger partial charge on any atom is 0.230 e. The number of aromatic nitrogens is 1. The number of piperidine rings is 1. The van der Waals surface area contributed by atoms with Crippen LogP contribution in [0.1, 0.15) is 56.2 Å². The number of pyridine rings is 1. The molecule has 2 fully saturated rings. The van der Waals surface area contributed by atoms with Gasteiger partial charge in [0.2, 0.25) is 5.91 Å². The van der Waals surface area contributed by atoms with Gasteiger partial charge in [-0.25, -0.2) is 0 Å². The van der Waals surface area contributed by atoms with Gasteiger partial charge in [-0.05, 0) is 49.9 Å². The van der Waals surface area contributed by atoms with Gasteiger partial charge in [0, 0.05) is 25.3 Å². The first-order valence-corrected chi connectivity index (χ1v) is 10.7. The number of likely N-dealkylation sites (tertiary alicyclic amines) is 1. The number of benzene rings is 1. The minimum Gasteiger partial charge on any atom is -0.351 e. The van der Waals surface area contributed by atoms with Crippen molar-refractivity contribution in [1.82, 2.24) is 15.2 Å². The Morgan fingerprint density at radius 2 is 1.82 bits per heavy atom. The molecule has 1 saturated heterocycles. The Hall–Kier alpha value is -2.20. The summed E-state index contributed by atoms with van der Waals surface area (Å²) in [5, 5.41) is 3.44. The Bertz CT molecular complexity index is 756. The minimum atomic E-state index is -0.344. The highest BCUT2D eigenvalue weighted by Gasteiger charge is 2.41. The van der Waals surface area contributed by atoms with E-state index in [4.69, 9.17) is 0 Å². The first kappa shape index (κ1) is 19.1. The average molecular weight is 378 g/mol. The molecule has 28 heavy (non-hydrogen) atoms. The van der Waals surface area contributed by atoms with Crippen molar-refractivity contribution >= 4 is 5.91 Å². The van der Waals surface area contributed by atoms with Crippen LogP contribution in [0.25, 0.3) is 0 Å². The molecule has 2 aromatic rings. The molecule has 0 bridgehead atoms. The molecule has 0 spiro atoms. The summed E-state index contributed by atoms with van der Waals surface area (Å²) in [6.07, 6.45) is 9.48. The quantitative estimate of drug-likeness (QED) is 0.854. The highest BCUT2D eigenvalue weighted by molar-refractivity contribution is 5.88. The number of hydrogen-bond acceptors (Lipinski definition) is 3. The molecule has 4 heteroatoms. The molecule has 0 unspecified atom stereocenters. The average Bonchev–Trinajstić information content (AvgIpc) is 2.76. The third-order valence-electron chi connectivity index (χ3n) is 6.42. The second-order valence-corrected chi connectivity index (χ2v) is 8.38. The number of nitrogens with zero attached hydrogens (tertiary/aromatic N) is 2. The molecule has 1 amide bonds. The van der Waals surface area contributed by atoms with E-state index < -0.39 is 0 Å². The van der Waals surface area contributed by atoms with Gasteiger partial charge in [0.15, 0.2) is 0 Å². The van der Waals surface area contributed by atoms with Crippen LogP contribution in [0.15, 0.2) is 54.7 Å². The van der Waals surface area contributed by atoms with Crippen molar-refractivity contribution in [3.8, 4) is 0 Å². The fourth-order valence-electron chi connectivity index (χ4n) is 4.92. The zero-order chi connectivity index (χ0) is 19.2. The van der Waals surface area contributed by atoms with Gasteiger partial charge in [0.05, 0.1) is 11.1 Å². The van der Waals surface area contributed by atoms with Crippen LogP contribution < -0.4 is 5.32 Å². The van der Waals surface area contributed by atoms with Crippen molar-refractivity contribution in [1.29, 1.82) is 0 Å². The Balaban J connectivity index is 1.44. The molecule has 1 aromatic carbocycles. The summed E-state index contributed by atoms with van der Waals surface area (Å²) in [5.41, 5.74) is 1.94. The molecular weight excluding hydrogens is 346 g/mol. The maximum absolute atomic E-state index is 13.5. The summed E-state index contributed by atoms with van der Waals surface area (Å²) in [7, 11) is 0. The fourth-order valence-corrected chi connectivity index (χ4v) is 4.92. The smallest absolute Gasteiger partial charge is 0.230 e. The molecule has 1 aliphatic heterocycles. The largest absolute Gasteiger partial charge is 0.351 e. The molecule has 0 radical (unpaired) electrons. The van der Waals surface area contributed by atoms with Gasteiger partial charge in [-0.2, -0.15) is 0 Å². The number of carbonyl (C=O) groups is 1. The summed E-state index contributed by atoms with van der Waals surface area (Å²) in [6.45, 7) is 2.84. The van der Waals surface area contributed by atoms with Crippen molar-refractivity contribution in [2.24, 2.45) is 0 Å². The van der Waals surface area contributed by atoms with E-state index in [9.17, 15) is 4.79 Å². The van der Waals surface area contributed by atoms with Crippen LogP contribution in [0.2, 0.25) is 0 Å². The van der Waals surface area contributed by atoms with Gasteiger partial charge >= 0.3 is 0 Å². The predicted molar refractivity (Wildman–Crippen MR) is 112 cm³/mol. The van der Waals surface area contributed by atoms with Gasteiger partial charge in [-0.15, -0.1) is 0 Å². The summed E-state index contributed by atoms with van der Waals surface area (Å²) in [6, 6.07) is 16.7. The highest BCUT2D eigenvalue weighted by Crippen LogP contribution is 2.40. The van der Waals surface area contributed by atoms with E-state index >= 15 is 0 Å². The topological polar surface area (TPSA) is 45.2 Å². The maximum atomic E-state index is 13.5. The highest BCUT2D eigenvalue weighted by atomic mass is 16.2. The van der Waals surface area contributed by atoms with E-state index in [1.807, 2.05) is 24.4 Å². The van der Waals surface area contributed by atoms with E-state index in [2.05, 4.69) is 45.5 Å². The molecule has 4 rings (SSSR count). The fraction of sp³-hybridized carbons (Fsp3) is 0.500. The lowest BCUT2D eigenvalue weighted by atomic mass is 9.68. The Labute approximate surface area is 168 Å². The molecule has 1 aliphatic carbocycles. The van der Waals surface area contributed by atoms with Crippen LogP contribution in [0.4, 0.5) is 0 Å². The van der Waals surface area contributed by atoms with E-state index in [1.54, 1.807) is 0 Å². The molecule has 2 aliphatic rings. The molecular formula is C24H31N3O. The van der Waals surface area contributed by atoms with Crippen LogP contribution in [0.5, 0.6) is 0 Å². The Kier molecular flexibility index (Phi) is 6.06. The van der Waals surface area contributed by atoms with Crippen molar-refractivity contribution in [2.75, 3.05) is 13.1 Å². The molecule has 4 nitrogen and oxygen atoms in total. The zero-order valence-electron chi connectivity index (χ0n) is 16.6. The van der Waals surface area contributed by atoms with Gasteiger partial charge in [-0.1, -0.05) is 55.7 Å². The lowest BCUT2D eigenvalue weighted by Gasteiger charge is -2.39. The van der Waals surface area contributed by atoms with Crippen LogP contribution in [-0.2, 0) is 16.8 Å². The summed E-state index contributed by atoms with van der Waals surface area (Å²) >= 11 is 0. The monoisotopic (exact) mass is 377 g/mol. The van der Waals surface area contributed by atoms with Crippen molar-refractivity contribution in [3.63, 3.8) is 0 Å². The van der Waals surface area contributed by atoms with Crippen LogP contribution in [-0.4, -0.2) is 34.9 Å². The van der Waals surface area contributed by atoms with Gasteiger partial charge in [0.1, 0.15) is 0 Å². The van der Waals surface area contributed by atoms with Crippen LogP contribution >= 0.6 is 0 Å². The van der Waals surface area contributed by atoms with Gasteiger partial charge in [-0.3, -0.25) is 14.7 Å². The minimum absolute atomic E-state index is 0.229. The van der Waals surface area contributed by atoms with E-state index in [1.165, 1.54) is 12.0 Å². The van der Waals surface area contributed by atoms with Gasteiger partial charge in [0.25, 0.3) is 0 Å². The van der Waals surface area contributed by atoms with Crippen molar-refractivity contribution in [3.05, 3.63) is 66.0 Å². The SMILES string of the molecule is O=C(N[C@H]1CCCN(Cc2ccccn2)C1)C1(c2ccccc2)CCCCC1. The van der Waals surface area contributed by atoms with Crippen molar-refractivity contribution < 1.29 is 4.79 Å². The number of rotatable bonds is 5. The molecule has 1 saturated carbocycles. The predicted octanol–water partition coefficient (Wildman–Crippen LogP) is 4.06. The molecule has 1 atom stereocenters. The third-order valence-corrected chi connectivity index (χ3v) is 6.42. The van der Waals surface area contributed by atoms with E-state index in [-0.39, 0.29) is 17.4 Å². The molecule has 148 valence electrons. The lowest BCUT2D eigenvalue weighted by Crippen LogP contribution is -2.53. The van der Waals surface area contributed by atoms with Gasteiger partial charge < -0.3 is 5.32 Å². The van der Waals surface area contributed by atoms with Crippen molar-refractivity contribution in [2.45, 2.75) is 62.9 Å². The normalized spacial score (nSPS) is 22.5. The Morgan fingerprint density at radius 1 is 1.04 bits per heavy atom. The van der Waals surface area contributed by atoms with E-state index in [0.717, 1.165) is 63.9 Å². The summed E-state index contributed by atoms with van der Waals surface area (Å²) in [5.74, 6) is 0.239. The lowest BCUT2D eigenvalue weighted by molar-refractivity contribution is -0.129. The first-order chi connectivity index (χ1) is 13.8. The molecule has 1 N–H and O–H groups in total. The second-order valence-electron chi connectivity index (χ2n) is 8.38. The van der Waals surface area contributed by atoms with Crippen LogP contribution in [0, 0.1) is 0 Å². The Morgan fingerprint density at radius 3 is 2.57 bits per heavy atom. The van der Waals surface area contributed by atoms with Crippen LogP contribution in [0.3, 0.4) is 0 Å². The first-order valence-electron chi connectivity index (χ1n) is 10.7. The zero-order valence-corrected chi connectivity index (χ0v) is 16.6. The molecule has 2 heterocycles. The standard InChI is InChI=1S/C24H31N3O/c28-23(24(14-6-2-7-15-24)20-10-3-1-4-11-20)26-22-13-9-17-27(19-22)18-21-12-5-8-16-25-21/h1,3-5,8,10-12,16,22H,2,6-7,9,13-15,17-19H2,(H,26,28)/t22-/m0/s1. The number of hydrogen-bond donors (Lipinski definition) is 1. The summed E-state index contributed by atoms with van der Waals surface area (Å²) in [4.78, 5) is 20.4. The van der Waals surface area contributed by atoms with E-state index in [0.29, 0.717) is 0 Å². The number of nitrogens with one attached hydrogen (secondary N) is 1. The summed E-state index contributed by atoms with van der Waals surface area (Å²) < 4.78 is 0. The third kappa shape index (κ3) is 4.27.